The first-order valence-electron chi connectivity index (χ1n) is 19.1. The molecule has 12 rings (SSSR count). The van der Waals surface area contributed by atoms with E-state index in [9.17, 15) is 0 Å². The first-order chi connectivity index (χ1) is 27.8. The van der Waals surface area contributed by atoms with Crippen LogP contribution < -0.4 is 0 Å². The number of fused-ring (bicyclic) bond motifs is 13. The summed E-state index contributed by atoms with van der Waals surface area (Å²) in [6.45, 7) is 0. The SMILES string of the molecule is c1cnc2c(c1)cc(-c1c3ccccc3c(-c3ccc(-c4nc5ccccc5c5c6ccccc6c6ccccc6c45)cc3)c3ccccc13)c1cccnc12. The van der Waals surface area contributed by atoms with Gasteiger partial charge in [0.1, 0.15) is 0 Å². The van der Waals surface area contributed by atoms with Crippen molar-refractivity contribution in [3.8, 4) is 33.5 Å². The van der Waals surface area contributed by atoms with Crippen molar-refractivity contribution in [1.29, 1.82) is 0 Å². The molecule has 258 valence electrons. The fraction of sp³-hybridized carbons (Fsp3) is 0. The van der Waals surface area contributed by atoms with Gasteiger partial charge in [-0.05, 0) is 89.6 Å². The molecule has 0 aliphatic heterocycles. The molecule has 0 spiro atoms. The summed E-state index contributed by atoms with van der Waals surface area (Å²) in [6.07, 6.45) is 3.72. The summed E-state index contributed by atoms with van der Waals surface area (Å²) in [4.78, 5) is 15.0. The van der Waals surface area contributed by atoms with Gasteiger partial charge >= 0.3 is 0 Å². The number of benzene rings is 9. The van der Waals surface area contributed by atoms with Crippen molar-refractivity contribution in [1.82, 2.24) is 15.0 Å². The highest BCUT2D eigenvalue weighted by molar-refractivity contribution is 6.33. The fourth-order valence-corrected chi connectivity index (χ4v) is 9.34. The monoisotopic (exact) mass is 709 g/mol. The first-order valence-corrected chi connectivity index (χ1v) is 19.1. The molecule has 3 heterocycles. The average Bonchev–Trinajstić information content (AvgIpc) is 3.27. The number of rotatable bonds is 3. The maximum atomic E-state index is 5.41. The lowest BCUT2D eigenvalue weighted by Gasteiger charge is -2.19. The zero-order chi connectivity index (χ0) is 36.7. The van der Waals surface area contributed by atoms with Crippen molar-refractivity contribution in [2.45, 2.75) is 0 Å². The van der Waals surface area contributed by atoms with Crippen LogP contribution in [0.3, 0.4) is 0 Å². The molecule has 0 aliphatic carbocycles. The van der Waals surface area contributed by atoms with Crippen LogP contribution in [0.15, 0.2) is 188 Å². The number of aromatic nitrogens is 3. The molecular formula is C53H31N3. The van der Waals surface area contributed by atoms with Crippen LogP contribution in [-0.2, 0) is 0 Å². The van der Waals surface area contributed by atoms with Crippen molar-refractivity contribution < 1.29 is 0 Å². The number of nitrogens with zero attached hydrogens (tertiary/aromatic N) is 3. The molecule has 0 amide bonds. The Morgan fingerprint density at radius 3 is 1.46 bits per heavy atom. The van der Waals surface area contributed by atoms with Crippen LogP contribution in [0.25, 0.3) is 120 Å². The quantitative estimate of drug-likeness (QED) is 0.135. The van der Waals surface area contributed by atoms with Crippen molar-refractivity contribution in [3.63, 3.8) is 0 Å². The first kappa shape index (κ1) is 30.9. The largest absolute Gasteiger partial charge is 0.254 e. The molecule has 9 aromatic carbocycles. The van der Waals surface area contributed by atoms with Gasteiger partial charge in [0.05, 0.1) is 22.2 Å². The summed E-state index contributed by atoms with van der Waals surface area (Å²) in [7, 11) is 0. The van der Waals surface area contributed by atoms with E-state index < -0.39 is 0 Å². The molecule has 56 heavy (non-hydrogen) atoms. The standard InChI is InChI=1S/C53H31N3/c1-3-16-37-35(14-1)36-15-2-4-17-38(36)50-49(37)44-22-9-10-24-46(44)56-51(50)33-27-25-32(26-28-33)47-39-18-5-7-20-41(39)48(42-21-8-6-19-40(42)47)45-31-34-13-11-29-54-52(34)53-43(45)23-12-30-55-53/h1-31H. The molecule has 0 saturated heterocycles. The van der Waals surface area contributed by atoms with Crippen LogP contribution in [0.2, 0.25) is 0 Å². The second kappa shape index (κ2) is 12.0. The Labute approximate surface area is 322 Å². The maximum Gasteiger partial charge on any atom is 0.0970 e. The molecule has 12 aromatic rings. The van der Waals surface area contributed by atoms with E-state index in [4.69, 9.17) is 15.0 Å². The van der Waals surface area contributed by atoms with Gasteiger partial charge in [0, 0.05) is 44.9 Å². The molecule has 3 aromatic heterocycles. The third-order valence-electron chi connectivity index (χ3n) is 11.7. The van der Waals surface area contributed by atoms with Gasteiger partial charge in [0.2, 0.25) is 0 Å². The summed E-state index contributed by atoms with van der Waals surface area (Å²) in [5, 5.41) is 15.6. The molecular weight excluding hydrogens is 679 g/mol. The van der Waals surface area contributed by atoms with E-state index in [2.05, 4.69) is 164 Å². The van der Waals surface area contributed by atoms with Gasteiger partial charge in [-0.2, -0.15) is 0 Å². The van der Waals surface area contributed by atoms with E-state index in [1.165, 1.54) is 75.9 Å². The Balaban J connectivity index is 1.12. The molecule has 3 heteroatoms. The maximum absolute atomic E-state index is 5.41. The minimum absolute atomic E-state index is 0.920. The van der Waals surface area contributed by atoms with Gasteiger partial charge < -0.3 is 0 Å². The third-order valence-corrected chi connectivity index (χ3v) is 11.7. The molecule has 0 saturated carbocycles. The van der Waals surface area contributed by atoms with Crippen LogP contribution in [0.4, 0.5) is 0 Å². The zero-order valence-electron chi connectivity index (χ0n) is 30.2. The lowest BCUT2D eigenvalue weighted by atomic mass is 9.84. The Morgan fingerprint density at radius 2 is 0.804 bits per heavy atom. The van der Waals surface area contributed by atoms with Crippen LogP contribution in [0.5, 0.6) is 0 Å². The van der Waals surface area contributed by atoms with Gasteiger partial charge in [-0.15, -0.1) is 0 Å². The molecule has 0 radical (unpaired) electrons. The summed E-state index contributed by atoms with van der Waals surface area (Å²) in [6, 6.07) is 63.6. The van der Waals surface area contributed by atoms with Crippen LogP contribution in [-0.4, -0.2) is 15.0 Å². The van der Waals surface area contributed by atoms with E-state index in [-0.39, 0.29) is 0 Å². The second-order valence-corrected chi connectivity index (χ2v) is 14.6. The minimum atomic E-state index is 0.920. The van der Waals surface area contributed by atoms with Gasteiger partial charge in [0.25, 0.3) is 0 Å². The summed E-state index contributed by atoms with van der Waals surface area (Å²) < 4.78 is 0. The predicted molar refractivity (Wildman–Crippen MR) is 236 cm³/mol. The number of para-hydroxylation sites is 1. The van der Waals surface area contributed by atoms with E-state index >= 15 is 0 Å². The van der Waals surface area contributed by atoms with E-state index in [0.717, 1.165) is 44.1 Å². The highest BCUT2D eigenvalue weighted by atomic mass is 14.7. The molecule has 0 unspecified atom stereocenters. The average molecular weight is 710 g/mol. The molecule has 0 bridgehead atoms. The Kier molecular flexibility index (Phi) is 6.63. The summed E-state index contributed by atoms with van der Waals surface area (Å²) in [5.74, 6) is 0. The summed E-state index contributed by atoms with van der Waals surface area (Å²) in [5.41, 5.74) is 9.72. The normalized spacial score (nSPS) is 11.9. The van der Waals surface area contributed by atoms with Crippen molar-refractivity contribution >= 4 is 86.6 Å². The minimum Gasteiger partial charge on any atom is -0.254 e. The van der Waals surface area contributed by atoms with Crippen molar-refractivity contribution in [3.05, 3.63) is 188 Å². The molecule has 0 fully saturated rings. The predicted octanol–water partition coefficient (Wildman–Crippen LogP) is 14.1. The van der Waals surface area contributed by atoms with E-state index in [1.807, 2.05) is 24.5 Å². The zero-order valence-corrected chi connectivity index (χ0v) is 30.2. The van der Waals surface area contributed by atoms with Crippen LogP contribution >= 0.6 is 0 Å². The van der Waals surface area contributed by atoms with Gasteiger partial charge in [-0.3, -0.25) is 9.97 Å². The number of pyridine rings is 3. The molecule has 0 N–H and O–H groups in total. The fourth-order valence-electron chi connectivity index (χ4n) is 9.34. The van der Waals surface area contributed by atoms with E-state index in [1.54, 1.807) is 0 Å². The highest BCUT2D eigenvalue weighted by Crippen LogP contribution is 2.47. The van der Waals surface area contributed by atoms with Crippen LogP contribution in [0, 0.1) is 0 Å². The molecule has 3 nitrogen and oxygen atoms in total. The Hall–Kier alpha value is -7.49. The summed E-state index contributed by atoms with van der Waals surface area (Å²) >= 11 is 0. The van der Waals surface area contributed by atoms with Gasteiger partial charge in [-0.1, -0.05) is 152 Å². The van der Waals surface area contributed by atoms with Crippen molar-refractivity contribution in [2.75, 3.05) is 0 Å². The second-order valence-electron chi connectivity index (χ2n) is 14.6. The number of hydrogen-bond donors (Lipinski definition) is 0. The third kappa shape index (κ3) is 4.43. The Bertz CT molecular complexity index is 3530. The van der Waals surface area contributed by atoms with E-state index in [0.29, 0.717) is 0 Å². The topological polar surface area (TPSA) is 38.7 Å². The number of hydrogen-bond acceptors (Lipinski definition) is 3. The van der Waals surface area contributed by atoms with Crippen molar-refractivity contribution in [2.24, 2.45) is 0 Å². The smallest absolute Gasteiger partial charge is 0.0970 e. The molecule has 0 atom stereocenters. The Morgan fingerprint density at radius 1 is 0.321 bits per heavy atom. The van der Waals surface area contributed by atoms with Crippen LogP contribution in [0.1, 0.15) is 0 Å². The highest BCUT2D eigenvalue weighted by Gasteiger charge is 2.21. The van der Waals surface area contributed by atoms with Gasteiger partial charge in [0.15, 0.2) is 0 Å². The lowest BCUT2D eigenvalue weighted by molar-refractivity contribution is 1.37. The lowest BCUT2D eigenvalue weighted by Crippen LogP contribution is -1.94. The van der Waals surface area contributed by atoms with Gasteiger partial charge in [-0.25, -0.2) is 4.98 Å². The molecule has 0 aliphatic rings.